The number of halogens is 2. The molecule has 1 aromatic carbocycles. The second-order valence-corrected chi connectivity index (χ2v) is 6.00. The molecule has 3 rings (SSSR count). The molecule has 2 amide bonds. The maximum absolute atomic E-state index is 13.7. The van der Waals surface area contributed by atoms with Gasteiger partial charge >= 0.3 is 0 Å². The highest BCUT2D eigenvalue weighted by atomic mass is 19.1. The van der Waals surface area contributed by atoms with Gasteiger partial charge in [0.1, 0.15) is 17.4 Å². The number of nitrogens with zero attached hydrogens (tertiary/aromatic N) is 2. The third-order valence-electron chi connectivity index (χ3n) is 4.19. The Labute approximate surface area is 142 Å². The summed E-state index contributed by atoms with van der Waals surface area (Å²) in [5, 5.41) is 6.37. The molecular formula is C17H17F2N3O3. The van der Waals surface area contributed by atoms with Gasteiger partial charge in [-0.2, -0.15) is 0 Å². The molecule has 1 aliphatic heterocycles. The molecule has 0 radical (unpaired) electrons. The van der Waals surface area contributed by atoms with Crippen molar-refractivity contribution in [1.29, 1.82) is 0 Å². The van der Waals surface area contributed by atoms with E-state index in [2.05, 4.69) is 10.5 Å². The lowest BCUT2D eigenvalue weighted by atomic mass is 9.95. The van der Waals surface area contributed by atoms with Gasteiger partial charge in [0.25, 0.3) is 5.91 Å². The number of likely N-dealkylation sites (tertiary alicyclic amines) is 1. The summed E-state index contributed by atoms with van der Waals surface area (Å²) in [5.74, 6) is -1.52. The average Bonchev–Trinajstić information content (AvgIpc) is 3.01. The summed E-state index contributed by atoms with van der Waals surface area (Å²) in [4.78, 5) is 26.0. The van der Waals surface area contributed by atoms with Crippen LogP contribution in [0.2, 0.25) is 0 Å². The van der Waals surface area contributed by atoms with E-state index in [1.807, 2.05) is 0 Å². The summed E-state index contributed by atoms with van der Waals surface area (Å²) in [7, 11) is 0. The molecule has 0 atom stereocenters. The molecule has 0 aliphatic carbocycles. The number of benzene rings is 1. The predicted molar refractivity (Wildman–Crippen MR) is 84.9 cm³/mol. The minimum absolute atomic E-state index is 0.197. The molecule has 1 fully saturated rings. The topological polar surface area (TPSA) is 75.4 Å². The Morgan fingerprint density at radius 1 is 1.24 bits per heavy atom. The molecule has 1 saturated heterocycles. The van der Waals surface area contributed by atoms with Crippen LogP contribution in [0.1, 0.15) is 29.0 Å². The number of amides is 2. The number of carbonyl (C=O) groups is 2. The summed E-state index contributed by atoms with van der Waals surface area (Å²) >= 11 is 0. The van der Waals surface area contributed by atoms with Gasteiger partial charge in [-0.3, -0.25) is 9.59 Å². The van der Waals surface area contributed by atoms with Gasteiger partial charge in [-0.25, -0.2) is 8.78 Å². The highest BCUT2D eigenvalue weighted by Crippen LogP contribution is 2.22. The molecule has 8 heteroatoms. The number of aromatic nitrogens is 1. The van der Waals surface area contributed by atoms with Crippen LogP contribution in [0, 0.1) is 24.5 Å². The molecule has 1 aliphatic rings. The van der Waals surface area contributed by atoms with Crippen molar-refractivity contribution in [2.45, 2.75) is 19.8 Å². The highest BCUT2D eigenvalue weighted by Gasteiger charge is 2.29. The smallest absolute Gasteiger partial charge is 0.256 e. The number of piperidine rings is 1. The maximum Gasteiger partial charge on any atom is 0.256 e. The fourth-order valence-electron chi connectivity index (χ4n) is 2.83. The van der Waals surface area contributed by atoms with E-state index in [0.717, 1.165) is 18.2 Å². The average molecular weight is 349 g/mol. The van der Waals surface area contributed by atoms with Crippen molar-refractivity contribution in [2.75, 3.05) is 18.4 Å². The standard InChI is InChI=1S/C17H17F2N3O3/c1-10-8-15(21-25-10)20-16(23)11-4-6-22(7-5-11)17(24)13-9-12(18)2-3-14(13)19/h2-3,8-9,11H,4-7H2,1H3,(H,20,21,23). The van der Waals surface area contributed by atoms with Crippen LogP contribution in [0.25, 0.3) is 0 Å². The SMILES string of the molecule is Cc1cc(NC(=O)C2CCN(C(=O)c3cc(F)ccc3F)CC2)no1. The lowest BCUT2D eigenvalue weighted by molar-refractivity contribution is -0.121. The Kier molecular flexibility index (Phi) is 4.78. The number of hydrogen-bond donors (Lipinski definition) is 1. The van der Waals surface area contributed by atoms with Crippen molar-refractivity contribution in [2.24, 2.45) is 5.92 Å². The van der Waals surface area contributed by atoms with Gasteiger partial charge in [0.05, 0.1) is 5.56 Å². The molecular weight excluding hydrogens is 332 g/mol. The van der Waals surface area contributed by atoms with E-state index in [1.165, 1.54) is 4.90 Å². The molecule has 1 aromatic heterocycles. The van der Waals surface area contributed by atoms with Crippen LogP contribution in [-0.4, -0.2) is 35.0 Å². The van der Waals surface area contributed by atoms with Crippen molar-refractivity contribution in [3.05, 3.63) is 47.2 Å². The third kappa shape index (κ3) is 3.84. The number of rotatable bonds is 3. The Bertz CT molecular complexity index is 798. The number of hydrogen-bond acceptors (Lipinski definition) is 4. The zero-order chi connectivity index (χ0) is 18.0. The molecule has 132 valence electrons. The first kappa shape index (κ1) is 17.1. The summed E-state index contributed by atoms with van der Waals surface area (Å²) in [6, 6.07) is 4.41. The molecule has 0 saturated carbocycles. The highest BCUT2D eigenvalue weighted by molar-refractivity contribution is 5.95. The first-order chi connectivity index (χ1) is 11.9. The molecule has 0 spiro atoms. The van der Waals surface area contributed by atoms with Crippen LogP contribution in [0.5, 0.6) is 0 Å². The molecule has 2 aromatic rings. The molecule has 25 heavy (non-hydrogen) atoms. The quantitative estimate of drug-likeness (QED) is 0.924. The zero-order valence-corrected chi connectivity index (χ0v) is 13.6. The lowest BCUT2D eigenvalue weighted by Gasteiger charge is -2.31. The zero-order valence-electron chi connectivity index (χ0n) is 13.6. The summed E-state index contributed by atoms with van der Waals surface area (Å²) in [5.41, 5.74) is -0.291. The summed E-state index contributed by atoms with van der Waals surface area (Å²) in [6.45, 7) is 2.31. The minimum Gasteiger partial charge on any atom is -0.360 e. The van der Waals surface area contributed by atoms with E-state index in [1.54, 1.807) is 13.0 Å². The van der Waals surface area contributed by atoms with Gasteiger partial charge in [-0.05, 0) is 38.0 Å². The van der Waals surface area contributed by atoms with E-state index in [4.69, 9.17) is 4.52 Å². The van der Waals surface area contributed by atoms with Crippen LogP contribution in [-0.2, 0) is 4.79 Å². The van der Waals surface area contributed by atoms with Gasteiger partial charge in [0.15, 0.2) is 5.82 Å². The number of nitrogens with one attached hydrogen (secondary N) is 1. The van der Waals surface area contributed by atoms with Crippen molar-refractivity contribution >= 4 is 17.6 Å². The number of aryl methyl sites for hydroxylation is 1. The van der Waals surface area contributed by atoms with E-state index in [9.17, 15) is 18.4 Å². The van der Waals surface area contributed by atoms with Gasteiger partial charge in [0, 0.05) is 25.1 Å². The summed E-state index contributed by atoms with van der Waals surface area (Å²) < 4.78 is 31.9. The van der Waals surface area contributed by atoms with E-state index >= 15 is 0 Å². The molecule has 0 unspecified atom stereocenters. The first-order valence-electron chi connectivity index (χ1n) is 7.92. The molecule has 1 N–H and O–H groups in total. The lowest BCUT2D eigenvalue weighted by Crippen LogP contribution is -2.41. The van der Waals surface area contributed by atoms with E-state index in [-0.39, 0.29) is 17.4 Å². The van der Waals surface area contributed by atoms with Crippen molar-refractivity contribution in [3.63, 3.8) is 0 Å². The van der Waals surface area contributed by atoms with Crippen LogP contribution in [0.3, 0.4) is 0 Å². The Morgan fingerprint density at radius 2 is 1.96 bits per heavy atom. The number of carbonyl (C=O) groups excluding carboxylic acids is 2. The minimum atomic E-state index is -0.757. The van der Waals surface area contributed by atoms with Gasteiger partial charge in [-0.15, -0.1) is 0 Å². The second-order valence-electron chi connectivity index (χ2n) is 6.00. The van der Waals surface area contributed by atoms with E-state index < -0.39 is 17.5 Å². The molecule has 2 heterocycles. The normalized spacial score (nSPS) is 15.2. The van der Waals surface area contributed by atoms with Crippen LogP contribution < -0.4 is 5.32 Å². The van der Waals surface area contributed by atoms with Gasteiger partial charge in [-0.1, -0.05) is 5.16 Å². The Balaban J connectivity index is 1.58. The molecule has 6 nitrogen and oxygen atoms in total. The second kappa shape index (κ2) is 7.00. The maximum atomic E-state index is 13.7. The van der Waals surface area contributed by atoms with E-state index in [0.29, 0.717) is 37.5 Å². The molecule has 0 bridgehead atoms. The summed E-state index contributed by atoms with van der Waals surface area (Å²) in [6.07, 6.45) is 0.872. The van der Waals surface area contributed by atoms with Crippen LogP contribution >= 0.6 is 0 Å². The monoisotopic (exact) mass is 349 g/mol. The van der Waals surface area contributed by atoms with Gasteiger partial charge < -0.3 is 14.7 Å². The fraction of sp³-hybridized carbons (Fsp3) is 0.353. The van der Waals surface area contributed by atoms with Crippen LogP contribution in [0.4, 0.5) is 14.6 Å². The first-order valence-corrected chi connectivity index (χ1v) is 7.92. The van der Waals surface area contributed by atoms with Gasteiger partial charge in [0.2, 0.25) is 5.91 Å². The van der Waals surface area contributed by atoms with Crippen molar-refractivity contribution < 1.29 is 22.9 Å². The van der Waals surface area contributed by atoms with Crippen molar-refractivity contribution in [3.8, 4) is 0 Å². The van der Waals surface area contributed by atoms with Crippen molar-refractivity contribution in [1.82, 2.24) is 10.1 Å². The number of anilines is 1. The third-order valence-corrected chi connectivity index (χ3v) is 4.19. The van der Waals surface area contributed by atoms with Crippen LogP contribution in [0.15, 0.2) is 28.8 Å². The Morgan fingerprint density at radius 3 is 2.60 bits per heavy atom. The fourth-order valence-corrected chi connectivity index (χ4v) is 2.83. The predicted octanol–water partition coefficient (Wildman–Crippen LogP) is 2.75. The largest absolute Gasteiger partial charge is 0.360 e. The Hall–Kier alpha value is -2.77.